The lowest BCUT2D eigenvalue weighted by Gasteiger charge is -2.37. The lowest BCUT2D eigenvalue weighted by atomic mass is 10.1. The van der Waals surface area contributed by atoms with E-state index in [-0.39, 0.29) is 16.5 Å². The number of halogens is 1. The number of ether oxygens (including phenoxy) is 1. The van der Waals surface area contributed by atoms with Gasteiger partial charge in [0.05, 0.1) is 18.1 Å². The molecule has 30 heavy (non-hydrogen) atoms. The third-order valence-corrected chi connectivity index (χ3v) is 5.78. The molecule has 0 spiro atoms. The molecule has 2 aromatic rings. The number of piperazine rings is 1. The summed E-state index contributed by atoms with van der Waals surface area (Å²) in [5, 5.41) is 12.1. The minimum absolute atomic E-state index is 0.0102. The number of carbonyl (C=O) groups is 1. The standard InChI is InChI=1S/C21H23ClN4O4/c22-17-3-1-16(2-4-17)21(27)25-9-7-23(8-10-25)18-5-6-19(26(28)29)20(15-18)24-11-13-30-14-12-24/h1-6,15H,7-14H2. The van der Waals surface area contributed by atoms with Crippen molar-refractivity contribution in [3.05, 3.63) is 63.2 Å². The van der Waals surface area contributed by atoms with Crippen LogP contribution in [0.1, 0.15) is 10.4 Å². The van der Waals surface area contributed by atoms with Gasteiger partial charge in [0, 0.05) is 61.6 Å². The molecule has 2 fully saturated rings. The molecule has 0 unspecified atom stereocenters. The topological polar surface area (TPSA) is 79.2 Å². The van der Waals surface area contributed by atoms with Gasteiger partial charge >= 0.3 is 0 Å². The summed E-state index contributed by atoms with van der Waals surface area (Å²) >= 11 is 5.90. The molecule has 2 aliphatic heterocycles. The van der Waals surface area contributed by atoms with Gasteiger partial charge in [-0.15, -0.1) is 0 Å². The molecule has 1 amide bonds. The molecular weight excluding hydrogens is 408 g/mol. The molecule has 4 rings (SSSR count). The summed E-state index contributed by atoms with van der Waals surface area (Å²) in [5.74, 6) is -0.0102. The fourth-order valence-corrected chi connectivity index (χ4v) is 3.99. The highest BCUT2D eigenvalue weighted by atomic mass is 35.5. The Morgan fingerprint density at radius 3 is 2.23 bits per heavy atom. The Balaban J connectivity index is 1.47. The number of nitro benzene ring substituents is 1. The number of morpholine rings is 1. The van der Waals surface area contributed by atoms with E-state index in [1.165, 1.54) is 0 Å². The van der Waals surface area contributed by atoms with E-state index in [4.69, 9.17) is 16.3 Å². The van der Waals surface area contributed by atoms with Crippen LogP contribution in [-0.4, -0.2) is 68.2 Å². The maximum absolute atomic E-state index is 12.7. The van der Waals surface area contributed by atoms with Gasteiger partial charge in [-0.05, 0) is 36.4 Å². The van der Waals surface area contributed by atoms with Crippen LogP contribution in [0.25, 0.3) is 0 Å². The van der Waals surface area contributed by atoms with E-state index in [0.29, 0.717) is 68.8 Å². The highest BCUT2D eigenvalue weighted by Crippen LogP contribution is 2.33. The van der Waals surface area contributed by atoms with Crippen LogP contribution in [0.15, 0.2) is 42.5 Å². The van der Waals surface area contributed by atoms with Crippen molar-refractivity contribution in [2.45, 2.75) is 0 Å². The van der Waals surface area contributed by atoms with Crippen LogP contribution in [0.5, 0.6) is 0 Å². The van der Waals surface area contributed by atoms with Crippen molar-refractivity contribution in [3.63, 3.8) is 0 Å². The van der Waals surface area contributed by atoms with E-state index in [2.05, 4.69) is 4.90 Å². The molecule has 158 valence electrons. The first kappa shape index (κ1) is 20.4. The predicted octanol–water partition coefficient (Wildman–Crippen LogP) is 3.05. The number of rotatable bonds is 4. The lowest BCUT2D eigenvalue weighted by Crippen LogP contribution is -2.48. The summed E-state index contributed by atoms with van der Waals surface area (Å²) in [5.41, 5.74) is 2.29. The third-order valence-electron chi connectivity index (χ3n) is 5.53. The fourth-order valence-electron chi connectivity index (χ4n) is 3.86. The number of amides is 1. The van der Waals surface area contributed by atoms with Crippen LogP contribution in [0.2, 0.25) is 5.02 Å². The van der Waals surface area contributed by atoms with Crippen LogP contribution >= 0.6 is 11.6 Å². The third kappa shape index (κ3) is 4.34. The molecule has 0 aliphatic carbocycles. The van der Waals surface area contributed by atoms with Crippen LogP contribution < -0.4 is 9.80 Å². The first-order valence-corrected chi connectivity index (χ1v) is 10.3. The largest absolute Gasteiger partial charge is 0.378 e. The quantitative estimate of drug-likeness (QED) is 0.548. The van der Waals surface area contributed by atoms with Gasteiger partial charge in [-0.2, -0.15) is 0 Å². The van der Waals surface area contributed by atoms with Crippen LogP contribution in [0.3, 0.4) is 0 Å². The number of benzene rings is 2. The Hall–Kier alpha value is -2.84. The molecule has 0 atom stereocenters. The molecule has 0 radical (unpaired) electrons. The summed E-state index contributed by atoms with van der Waals surface area (Å²) in [6, 6.07) is 12.2. The monoisotopic (exact) mass is 430 g/mol. The van der Waals surface area contributed by atoms with E-state index >= 15 is 0 Å². The molecule has 0 bridgehead atoms. The van der Waals surface area contributed by atoms with E-state index in [1.807, 2.05) is 15.9 Å². The second-order valence-corrected chi connectivity index (χ2v) is 7.75. The lowest BCUT2D eigenvalue weighted by molar-refractivity contribution is -0.384. The molecule has 0 N–H and O–H groups in total. The second-order valence-electron chi connectivity index (χ2n) is 7.32. The maximum atomic E-state index is 12.7. The molecule has 2 heterocycles. The summed E-state index contributed by atoms with van der Waals surface area (Å²) in [6.45, 7) is 4.90. The maximum Gasteiger partial charge on any atom is 0.292 e. The van der Waals surface area contributed by atoms with Crippen molar-refractivity contribution in [2.24, 2.45) is 0 Å². The number of carbonyl (C=O) groups excluding carboxylic acids is 1. The zero-order valence-corrected chi connectivity index (χ0v) is 17.3. The van der Waals surface area contributed by atoms with Gasteiger partial charge in [0.2, 0.25) is 0 Å². The summed E-state index contributed by atoms with van der Waals surface area (Å²) in [6.07, 6.45) is 0. The minimum atomic E-state index is -0.336. The SMILES string of the molecule is O=C(c1ccc(Cl)cc1)N1CCN(c2ccc([N+](=O)[O-])c(N3CCOCC3)c2)CC1. The Morgan fingerprint density at radius 1 is 0.933 bits per heavy atom. The van der Waals surface area contributed by atoms with Crippen LogP contribution in [0, 0.1) is 10.1 Å². The molecule has 9 heteroatoms. The average Bonchev–Trinajstić information content (AvgIpc) is 2.79. The summed E-state index contributed by atoms with van der Waals surface area (Å²) in [7, 11) is 0. The molecular formula is C21H23ClN4O4. The summed E-state index contributed by atoms with van der Waals surface area (Å²) in [4.78, 5) is 29.9. The van der Waals surface area contributed by atoms with Crippen molar-refractivity contribution in [1.29, 1.82) is 0 Å². The summed E-state index contributed by atoms with van der Waals surface area (Å²) < 4.78 is 5.38. The van der Waals surface area contributed by atoms with Gasteiger partial charge in [0.1, 0.15) is 5.69 Å². The number of hydrogen-bond acceptors (Lipinski definition) is 6. The van der Waals surface area contributed by atoms with E-state index in [1.54, 1.807) is 36.4 Å². The number of nitro groups is 1. The number of anilines is 2. The van der Waals surface area contributed by atoms with Gasteiger partial charge in [-0.1, -0.05) is 11.6 Å². The first-order valence-electron chi connectivity index (χ1n) is 9.94. The normalized spacial score (nSPS) is 17.2. The molecule has 8 nitrogen and oxygen atoms in total. The van der Waals surface area contributed by atoms with Crippen molar-refractivity contribution in [3.8, 4) is 0 Å². The second kappa shape index (κ2) is 8.89. The number of hydrogen-bond donors (Lipinski definition) is 0. The molecule has 0 saturated carbocycles. The zero-order chi connectivity index (χ0) is 21.1. The molecule has 2 saturated heterocycles. The molecule has 2 aliphatic rings. The minimum Gasteiger partial charge on any atom is -0.378 e. The van der Waals surface area contributed by atoms with Crippen LogP contribution in [-0.2, 0) is 4.74 Å². The van der Waals surface area contributed by atoms with Gasteiger partial charge < -0.3 is 19.4 Å². The highest BCUT2D eigenvalue weighted by molar-refractivity contribution is 6.30. The average molecular weight is 431 g/mol. The molecule has 0 aromatic heterocycles. The van der Waals surface area contributed by atoms with Gasteiger partial charge in [-0.3, -0.25) is 14.9 Å². The van der Waals surface area contributed by atoms with E-state index < -0.39 is 0 Å². The first-order chi connectivity index (χ1) is 14.5. The van der Waals surface area contributed by atoms with Gasteiger partial charge in [0.25, 0.3) is 11.6 Å². The van der Waals surface area contributed by atoms with E-state index in [9.17, 15) is 14.9 Å². The Labute approximate surface area is 179 Å². The number of nitrogens with zero attached hydrogens (tertiary/aromatic N) is 4. The van der Waals surface area contributed by atoms with Crippen LogP contribution in [0.4, 0.5) is 17.1 Å². The fraction of sp³-hybridized carbons (Fsp3) is 0.381. The Bertz CT molecular complexity index is 923. The highest BCUT2D eigenvalue weighted by Gasteiger charge is 2.26. The van der Waals surface area contributed by atoms with Crippen molar-refractivity contribution in [1.82, 2.24) is 4.90 Å². The van der Waals surface area contributed by atoms with Gasteiger partial charge in [0.15, 0.2) is 0 Å². The smallest absolute Gasteiger partial charge is 0.292 e. The Kier molecular flexibility index (Phi) is 6.06. The van der Waals surface area contributed by atoms with Crippen molar-refractivity contribution in [2.75, 3.05) is 62.3 Å². The predicted molar refractivity (Wildman–Crippen MR) is 116 cm³/mol. The Morgan fingerprint density at radius 2 is 1.60 bits per heavy atom. The van der Waals surface area contributed by atoms with E-state index in [0.717, 1.165) is 5.69 Å². The zero-order valence-electron chi connectivity index (χ0n) is 16.5. The van der Waals surface area contributed by atoms with Crippen molar-refractivity contribution < 1.29 is 14.5 Å². The molecule has 2 aromatic carbocycles. The van der Waals surface area contributed by atoms with Gasteiger partial charge in [-0.25, -0.2) is 0 Å². The van der Waals surface area contributed by atoms with Crippen molar-refractivity contribution >= 4 is 34.6 Å².